The standard InChI is InChI=1S/C20H12ClF3N4O2S/c21-14-6-2-3-11(8-14)15-9-16(29)26-19(25-15)31-10-17-27-18(28-30-17)12-4-1-5-13(7-12)20(22,23)24/h1-9H,10H2,(H,25,26,29). The van der Waals surface area contributed by atoms with E-state index in [2.05, 4.69) is 20.1 Å². The van der Waals surface area contributed by atoms with Gasteiger partial charge in [-0.2, -0.15) is 18.2 Å². The molecule has 158 valence electrons. The molecule has 0 saturated carbocycles. The summed E-state index contributed by atoms with van der Waals surface area (Å²) in [6.45, 7) is 0. The van der Waals surface area contributed by atoms with Crippen molar-refractivity contribution in [1.29, 1.82) is 0 Å². The molecule has 4 rings (SSSR count). The average molecular weight is 465 g/mol. The zero-order valence-electron chi connectivity index (χ0n) is 15.5. The Hall–Kier alpha value is -3.11. The van der Waals surface area contributed by atoms with E-state index in [1.54, 1.807) is 24.3 Å². The third-order valence-corrected chi connectivity index (χ3v) is 5.18. The zero-order valence-corrected chi connectivity index (χ0v) is 17.1. The summed E-state index contributed by atoms with van der Waals surface area (Å²) in [7, 11) is 0. The molecule has 11 heteroatoms. The molecule has 0 bridgehead atoms. The van der Waals surface area contributed by atoms with Crippen LogP contribution in [0.5, 0.6) is 0 Å². The van der Waals surface area contributed by atoms with Crippen molar-refractivity contribution in [2.75, 3.05) is 0 Å². The highest BCUT2D eigenvalue weighted by molar-refractivity contribution is 7.98. The summed E-state index contributed by atoms with van der Waals surface area (Å²) >= 11 is 7.13. The van der Waals surface area contributed by atoms with Crippen LogP contribution in [-0.2, 0) is 11.9 Å². The van der Waals surface area contributed by atoms with Gasteiger partial charge in [0.15, 0.2) is 5.16 Å². The van der Waals surface area contributed by atoms with Crippen LogP contribution in [0.2, 0.25) is 5.02 Å². The number of hydrogen-bond donors (Lipinski definition) is 1. The minimum atomic E-state index is -4.47. The van der Waals surface area contributed by atoms with E-state index in [4.69, 9.17) is 16.1 Å². The molecule has 2 aromatic carbocycles. The Kier molecular flexibility index (Phi) is 5.84. The van der Waals surface area contributed by atoms with Gasteiger partial charge in [-0.15, -0.1) is 0 Å². The van der Waals surface area contributed by atoms with Crippen molar-refractivity contribution in [2.24, 2.45) is 0 Å². The first kappa shape index (κ1) is 21.1. The van der Waals surface area contributed by atoms with Crippen LogP contribution < -0.4 is 5.56 Å². The second kappa shape index (κ2) is 8.56. The number of H-pyrrole nitrogens is 1. The van der Waals surface area contributed by atoms with Crippen LogP contribution in [0.3, 0.4) is 0 Å². The van der Waals surface area contributed by atoms with E-state index in [1.165, 1.54) is 18.2 Å². The lowest BCUT2D eigenvalue weighted by molar-refractivity contribution is -0.137. The van der Waals surface area contributed by atoms with E-state index in [0.29, 0.717) is 21.4 Å². The van der Waals surface area contributed by atoms with Gasteiger partial charge in [0, 0.05) is 22.2 Å². The number of benzene rings is 2. The van der Waals surface area contributed by atoms with Crippen LogP contribution in [0.25, 0.3) is 22.6 Å². The maximum atomic E-state index is 12.9. The van der Waals surface area contributed by atoms with Crippen LogP contribution in [0, 0.1) is 0 Å². The van der Waals surface area contributed by atoms with E-state index in [1.807, 2.05) is 0 Å². The van der Waals surface area contributed by atoms with Gasteiger partial charge in [-0.25, -0.2) is 4.98 Å². The lowest BCUT2D eigenvalue weighted by Gasteiger charge is -2.06. The predicted octanol–water partition coefficient (Wildman–Crippen LogP) is 5.45. The molecule has 2 aromatic heterocycles. The molecule has 0 fully saturated rings. The SMILES string of the molecule is O=c1cc(-c2cccc(Cl)c2)nc(SCc2nc(-c3cccc(C(F)(F)F)c3)no2)[nH]1. The molecule has 0 atom stereocenters. The van der Waals surface area contributed by atoms with E-state index in [9.17, 15) is 18.0 Å². The first-order valence-electron chi connectivity index (χ1n) is 8.78. The van der Waals surface area contributed by atoms with Crippen LogP contribution >= 0.6 is 23.4 Å². The molecule has 0 spiro atoms. The number of alkyl halides is 3. The van der Waals surface area contributed by atoms with Gasteiger partial charge in [-0.05, 0) is 24.3 Å². The Bertz CT molecular complexity index is 1290. The molecule has 31 heavy (non-hydrogen) atoms. The third-order valence-electron chi connectivity index (χ3n) is 4.09. The number of aromatic nitrogens is 4. The number of aromatic amines is 1. The van der Waals surface area contributed by atoms with Gasteiger partial charge in [0.25, 0.3) is 5.56 Å². The monoisotopic (exact) mass is 464 g/mol. The van der Waals surface area contributed by atoms with Gasteiger partial charge in [0.2, 0.25) is 11.7 Å². The summed E-state index contributed by atoms with van der Waals surface area (Å²) in [4.78, 5) is 23.1. The summed E-state index contributed by atoms with van der Waals surface area (Å²) in [6, 6.07) is 13.0. The largest absolute Gasteiger partial charge is 0.416 e. The second-order valence-corrected chi connectivity index (χ2v) is 7.73. The minimum Gasteiger partial charge on any atom is -0.338 e. The normalized spacial score (nSPS) is 11.6. The Morgan fingerprint density at radius 1 is 1.03 bits per heavy atom. The van der Waals surface area contributed by atoms with Gasteiger partial charge in [0.05, 0.1) is 17.0 Å². The number of nitrogens with one attached hydrogen (secondary N) is 1. The van der Waals surface area contributed by atoms with Crippen LogP contribution in [0.4, 0.5) is 13.2 Å². The van der Waals surface area contributed by atoms with Crippen molar-refractivity contribution in [1.82, 2.24) is 20.1 Å². The maximum Gasteiger partial charge on any atom is 0.416 e. The molecule has 0 unspecified atom stereocenters. The van der Waals surface area contributed by atoms with E-state index in [-0.39, 0.29) is 28.6 Å². The van der Waals surface area contributed by atoms with Gasteiger partial charge in [-0.3, -0.25) is 4.79 Å². The predicted molar refractivity (Wildman–Crippen MR) is 110 cm³/mol. The highest BCUT2D eigenvalue weighted by Crippen LogP contribution is 2.31. The van der Waals surface area contributed by atoms with Crippen LogP contribution in [0.1, 0.15) is 11.5 Å². The lowest BCUT2D eigenvalue weighted by Crippen LogP contribution is -2.08. The highest BCUT2D eigenvalue weighted by Gasteiger charge is 2.30. The average Bonchev–Trinajstić information content (AvgIpc) is 3.21. The minimum absolute atomic E-state index is 0.0378. The van der Waals surface area contributed by atoms with Gasteiger partial charge in [0.1, 0.15) is 0 Å². The molecule has 4 aromatic rings. The molecular formula is C20H12ClF3N4O2S. The first-order chi connectivity index (χ1) is 14.8. The molecule has 0 amide bonds. The number of hydrogen-bond acceptors (Lipinski definition) is 6. The molecular weight excluding hydrogens is 453 g/mol. The fraction of sp³-hybridized carbons (Fsp3) is 0.100. The molecule has 1 N–H and O–H groups in total. The first-order valence-corrected chi connectivity index (χ1v) is 10.1. The van der Waals surface area contributed by atoms with Gasteiger partial charge < -0.3 is 9.51 Å². The summed E-state index contributed by atoms with van der Waals surface area (Å²) in [5.74, 6) is 0.373. The number of halogens is 4. The van der Waals surface area contributed by atoms with E-state index < -0.39 is 11.7 Å². The van der Waals surface area contributed by atoms with Gasteiger partial charge in [-0.1, -0.05) is 52.8 Å². The van der Waals surface area contributed by atoms with Crippen LogP contribution in [-0.4, -0.2) is 20.1 Å². The fourth-order valence-corrected chi connectivity index (χ4v) is 3.60. The Morgan fingerprint density at radius 3 is 2.58 bits per heavy atom. The Balaban J connectivity index is 1.51. The molecule has 6 nitrogen and oxygen atoms in total. The van der Waals surface area contributed by atoms with Crippen molar-refractivity contribution in [3.63, 3.8) is 0 Å². The van der Waals surface area contributed by atoms with Crippen molar-refractivity contribution in [2.45, 2.75) is 17.1 Å². The third kappa shape index (κ3) is 5.15. The Morgan fingerprint density at radius 2 is 1.81 bits per heavy atom. The molecule has 0 saturated heterocycles. The molecule has 0 aliphatic carbocycles. The number of thioether (sulfide) groups is 1. The lowest BCUT2D eigenvalue weighted by atomic mass is 10.1. The molecule has 0 aliphatic rings. The fourth-order valence-electron chi connectivity index (χ4n) is 2.69. The zero-order chi connectivity index (χ0) is 22.0. The van der Waals surface area contributed by atoms with E-state index >= 15 is 0 Å². The molecule has 2 heterocycles. The second-order valence-electron chi connectivity index (χ2n) is 6.33. The molecule has 0 radical (unpaired) electrons. The van der Waals surface area contributed by atoms with Crippen LogP contribution in [0.15, 0.2) is 69.1 Å². The number of nitrogens with zero attached hydrogens (tertiary/aromatic N) is 3. The quantitative estimate of drug-likeness (QED) is 0.312. The van der Waals surface area contributed by atoms with Crippen molar-refractivity contribution < 1.29 is 17.7 Å². The van der Waals surface area contributed by atoms with Crippen molar-refractivity contribution >= 4 is 23.4 Å². The topological polar surface area (TPSA) is 84.7 Å². The smallest absolute Gasteiger partial charge is 0.338 e. The summed E-state index contributed by atoms with van der Waals surface area (Å²) in [5.41, 5.74) is 0.173. The molecule has 0 aliphatic heterocycles. The van der Waals surface area contributed by atoms with Gasteiger partial charge >= 0.3 is 6.18 Å². The number of rotatable bonds is 5. The van der Waals surface area contributed by atoms with Crippen molar-refractivity contribution in [3.05, 3.63) is 81.4 Å². The highest BCUT2D eigenvalue weighted by atomic mass is 35.5. The summed E-state index contributed by atoms with van der Waals surface area (Å²) < 4.78 is 43.8. The van der Waals surface area contributed by atoms with Crippen molar-refractivity contribution in [3.8, 4) is 22.6 Å². The summed E-state index contributed by atoms with van der Waals surface area (Å²) in [6.07, 6.45) is -4.47. The summed E-state index contributed by atoms with van der Waals surface area (Å²) in [5, 5.41) is 4.58. The van der Waals surface area contributed by atoms with E-state index in [0.717, 1.165) is 23.9 Å². The maximum absolute atomic E-state index is 12.9. The Labute approximate surface area is 182 Å².